The number of rotatable bonds is 6. The Morgan fingerprint density at radius 1 is 1.08 bits per heavy atom. The lowest BCUT2D eigenvalue weighted by Gasteiger charge is -2.00. The zero-order valence-corrected chi connectivity index (χ0v) is 9.26. The van der Waals surface area contributed by atoms with Crippen LogP contribution in [-0.2, 0) is 6.16 Å². The highest BCUT2D eigenvalue weighted by atomic mass is 31.1. The van der Waals surface area contributed by atoms with Crippen molar-refractivity contribution in [3.05, 3.63) is 35.9 Å². The Kier molecular flexibility index (Phi) is 5.85. The van der Waals surface area contributed by atoms with Gasteiger partial charge in [-0.05, 0) is 24.3 Å². The van der Waals surface area contributed by atoms with Gasteiger partial charge in [-0.25, -0.2) is 0 Å². The minimum atomic E-state index is 1.23. The van der Waals surface area contributed by atoms with Gasteiger partial charge in [0.15, 0.2) is 0 Å². The van der Waals surface area contributed by atoms with Crippen LogP contribution < -0.4 is 0 Å². The fraction of sp³-hybridized carbons (Fsp3) is 0.500. The van der Waals surface area contributed by atoms with Crippen molar-refractivity contribution in [1.82, 2.24) is 0 Å². The molecule has 0 saturated heterocycles. The molecule has 0 aliphatic carbocycles. The van der Waals surface area contributed by atoms with Crippen LogP contribution in [0.15, 0.2) is 30.3 Å². The van der Waals surface area contributed by atoms with Crippen molar-refractivity contribution in [3.8, 4) is 0 Å². The van der Waals surface area contributed by atoms with Gasteiger partial charge in [-0.15, -0.1) is 0 Å². The van der Waals surface area contributed by atoms with Crippen molar-refractivity contribution in [2.75, 3.05) is 6.16 Å². The lowest BCUT2D eigenvalue weighted by atomic mass is 10.2. The molecule has 1 heteroatoms. The number of unbranched alkanes of at least 4 members (excludes halogenated alkanes) is 2. The van der Waals surface area contributed by atoms with Crippen LogP contribution in [-0.4, -0.2) is 6.16 Å². The zero-order valence-electron chi connectivity index (χ0n) is 8.37. The molecule has 0 nitrogen and oxygen atoms in total. The minimum absolute atomic E-state index is 1.23. The van der Waals surface area contributed by atoms with Gasteiger partial charge in [0.2, 0.25) is 0 Å². The highest BCUT2D eigenvalue weighted by molar-refractivity contribution is 7.37. The summed E-state index contributed by atoms with van der Waals surface area (Å²) in [5.41, 5.74) is 1.47. The van der Waals surface area contributed by atoms with Crippen molar-refractivity contribution < 1.29 is 0 Å². The fourth-order valence-electron chi connectivity index (χ4n) is 1.27. The van der Waals surface area contributed by atoms with Gasteiger partial charge in [-0.1, -0.05) is 58.7 Å². The molecule has 13 heavy (non-hydrogen) atoms. The summed E-state index contributed by atoms with van der Waals surface area (Å²) < 4.78 is 0. The predicted octanol–water partition coefficient (Wildman–Crippen LogP) is 4.32. The second-order valence-electron chi connectivity index (χ2n) is 3.30. The first-order valence-corrected chi connectivity index (χ1v) is 6.37. The number of hydrogen-bond acceptors (Lipinski definition) is 0. The van der Waals surface area contributed by atoms with Gasteiger partial charge in [0.25, 0.3) is 0 Å². The Balaban J connectivity index is 2.07. The first-order valence-electron chi connectivity index (χ1n) is 5.10. The second-order valence-corrected chi connectivity index (χ2v) is 4.51. The molecule has 1 radical (unpaired) electrons. The van der Waals surface area contributed by atoms with Crippen LogP contribution >= 0.6 is 8.58 Å². The van der Waals surface area contributed by atoms with Crippen LogP contribution in [0, 0.1) is 0 Å². The average molecular weight is 193 g/mol. The molecule has 0 fully saturated rings. The van der Waals surface area contributed by atoms with E-state index in [0.717, 1.165) is 0 Å². The molecule has 0 unspecified atom stereocenters. The maximum atomic E-state index is 2.26. The molecule has 0 aromatic heterocycles. The SMILES string of the molecule is CCCCC[P]Cc1ccccc1. The molecule has 0 aliphatic rings. The third-order valence-corrected chi connectivity index (χ3v) is 3.28. The van der Waals surface area contributed by atoms with Crippen LogP contribution in [0.2, 0.25) is 0 Å². The van der Waals surface area contributed by atoms with E-state index >= 15 is 0 Å². The van der Waals surface area contributed by atoms with Crippen molar-refractivity contribution in [3.63, 3.8) is 0 Å². The standard InChI is InChI=1S/C12H18P/c1-2-3-7-10-13-11-12-8-5-4-6-9-12/h4-6,8-9H,2-3,7,10-11H2,1H3. The fourth-order valence-corrected chi connectivity index (χ4v) is 2.34. The summed E-state index contributed by atoms with van der Waals surface area (Å²) in [7, 11) is 1.58. The largest absolute Gasteiger partial charge is 0.0762 e. The zero-order chi connectivity index (χ0) is 9.36. The van der Waals surface area contributed by atoms with Crippen molar-refractivity contribution >= 4 is 8.58 Å². The normalized spacial score (nSPS) is 11.2. The lowest BCUT2D eigenvalue weighted by Crippen LogP contribution is -1.80. The summed E-state index contributed by atoms with van der Waals surface area (Å²) in [5.74, 6) is 0. The highest BCUT2D eigenvalue weighted by Crippen LogP contribution is 2.19. The lowest BCUT2D eigenvalue weighted by molar-refractivity contribution is 0.777. The molecule has 0 amide bonds. The molecule has 0 heterocycles. The molecular formula is C12H18P. The second kappa shape index (κ2) is 7.09. The van der Waals surface area contributed by atoms with E-state index in [1.165, 1.54) is 37.1 Å². The summed E-state index contributed by atoms with van der Waals surface area (Å²) in [5, 5.41) is 0. The molecule has 0 saturated carbocycles. The van der Waals surface area contributed by atoms with E-state index in [9.17, 15) is 0 Å². The third kappa shape index (κ3) is 5.05. The van der Waals surface area contributed by atoms with E-state index in [2.05, 4.69) is 37.3 Å². The van der Waals surface area contributed by atoms with Crippen LogP contribution in [0.3, 0.4) is 0 Å². The first-order chi connectivity index (χ1) is 6.43. The molecule has 0 bridgehead atoms. The van der Waals surface area contributed by atoms with Crippen LogP contribution in [0.4, 0.5) is 0 Å². The topological polar surface area (TPSA) is 0 Å². The van der Waals surface area contributed by atoms with E-state index in [0.29, 0.717) is 0 Å². The van der Waals surface area contributed by atoms with Crippen molar-refractivity contribution in [2.24, 2.45) is 0 Å². The summed E-state index contributed by atoms with van der Waals surface area (Å²) in [6.07, 6.45) is 6.71. The van der Waals surface area contributed by atoms with Crippen LogP contribution in [0.25, 0.3) is 0 Å². The Morgan fingerprint density at radius 3 is 2.54 bits per heavy atom. The van der Waals surface area contributed by atoms with Gasteiger partial charge in [0.1, 0.15) is 0 Å². The maximum Gasteiger partial charge on any atom is -0.00342 e. The van der Waals surface area contributed by atoms with E-state index in [1.54, 1.807) is 8.58 Å². The Labute approximate surface area is 83.5 Å². The van der Waals surface area contributed by atoms with Gasteiger partial charge in [-0.2, -0.15) is 0 Å². The monoisotopic (exact) mass is 193 g/mol. The Bertz CT molecular complexity index is 206. The smallest absolute Gasteiger partial charge is 0.00342 e. The first kappa shape index (κ1) is 10.7. The van der Waals surface area contributed by atoms with Gasteiger partial charge in [-0.3, -0.25) is 0 Å². The molecule has 0 N–H and O–H groups in total. The molecule has 1 rings (SSSR count). The molecule has 1 aromatic carbocycles. The van der Waals surface area contributed by atoms with Crippen LogP contribution in [0.5, 0.6) is 0 Å². The van der Waals surface area contributed by atoms with Crippen molar-refractivity contribution in [2.45, 2.75) is 32.3 Å². The van der Waals surface area contributed by atoms with Gasteiger partial charge >= 0.3 is 0 Å². The van der Waals surface area contributed by atoms with Gasteiger partial charge < -0.3 is 0 Å². The summed E-state index contributed by atoms with van der Waals surface area (Å²) in [4.78, 5) is 0. The highest BCUT2D eigenvalue weighted by Gasteiger charge is 1.92. The summed E-state index contributed by atoms with van der Waals surface area (Å²) in [6, 6.07) is 10.8. The van der Waals surface area contributed by atoms with E-state index in [4.69, 9.17) is 0 Å². The maximum absolute atomic E-state index is 2.26. The van der Waals surface area contributed by atoms with Crippen LogP contribution in [0.1, 0.15) is 31.7 Å². The number of benzene rings is 1. The molecule has 0 spiro atoms. The van der Waals surface area contributed by atoms with E-state index in [1.807, 2.05) is 0 Å². The molecule has 1 aromatic rings. The van der Waals surface area contributed by atoms with E-state index < -0.39 is 0 Å². The van der Waals surface area contributed by atoms with Gasteiger partial charge in [0.05, 0.1) is 0 Å². The summed E-state index contributed by atoms with van der Waals surface area (Å²) >= 11 is 0. The molecular weight excluding hydrogens is 175 g/mol. The van der Waals surface area contributed by atoms with Gasteiger partial charge in [0, 0.05) is 0 Å². The quantitative estimate of drug-likeness (QED) is 0.466. The molecule has 0 aliphatic heterocycles. The Morgan fingerprint density at radius 2 is 1.85 bits per heavy atom. The Hall–Kier alpha value is -0.350. The molecule has 0 atom stereocenters. The number of hydrogen-bond donors (Lipinski definition) is 0. The molecule has 71 valence electrons. The third-order valence-electron chi connectivity index (χ3n) is 2.06. The van der Waals surface area contributed by atoms with Crippen molar-refractivity contribution in [1.29, 1.82) is 0 Å². The predicted molar refractivity (Wildman–Crippen MR) is 61.5 cm³/mol. The minimum Gasteiger partial charge on any atom is -0.0762 e. The van der Waals surface area contributed by atoms with E-state index in [-0.39, 0.29) is 0 Å². The average Bonchev–Trinajstić information content (AvgIpc) is 2.19. The summed E-state index contributed by atoms with van der Waals surface area (Å²) in [6.45, 7) is 2.26.